The van der Waals surface area contributed by atoms with Gasteiger partial charge in [0, 0.05) is 6.04 Å². The maximum atomic E-state index is 5.76. The Kier molecular flexibility index (Phi) is 5.49. The first-order chi connectivity index (χ1) is 6.72. The summed E-state index contributed by atoms with van der Waals surface area (Å²) in [6, 6.07) is 0.364. The maximum absolute atomic E-state index is 5.76. The molecule has 1 rings (SSSR count). The van der Waals surface area contributed by atoms with Crippen molar-refractivity contribution in [2.75, 3.05) is 19.6 Å². The lowest BCUT2D eigenvalue weighted by atomic mass is 9.92. The molecule has 0 radical (unpaired) electrons. The number of likely N-dealkylation sites (tertiary alicyclic amines) is 1. The van der Waals surface area contributed by atoms with Crippen LogP contribution >= 0.6 is 0 Å². The minimum absolute atomic E-state index is 0.364. The second-order valence-corrected chi connectivity index (χ2v) is 4.84. The third-order valence-corrected chi connectivity index (χ3v) is 3.30. The van der Waals surface area contributed by atoms with E-state index >= 15 is 0 Å². The fourth-order valence-electron chi connectivity index (χ4n) is 2.29. The van der Waals surface area contributed by atoms with Crippen LogP contribution in [0.15, 0.2) is 0 Å². The van der Waals surface area contributed by atoms with Gasteiger partial charge in [-0.15, -0.1) is 0 Å². The van der Waals surface area contributed by atoms with E-state index in [4.69, 9.17) is 5.73 Å². The van der Waals surface area contributed by atoms with E-state index in [0.717, 1.165) is 12.3 Å². The van der Waals surface area contributed by atoms with Crippen molar-refractivity contribution in [3.8, 4) is 0 Å². The molecule has 1 heterocycles. The quantitative estimate of drug-likeness (QED) is 0.734. The van der Waals surface area contributed by atoms with Gasteiger partial charge in [-0.3, -0.25) is 0 Å². The Morgan fingerprint density at radius 3 is 2.50 bits per heavy atom. The molecule has 84 valence electrons. The van der Waals surface area contributed by atoms with Crippen molar-refractivity contribution < 1.29 is 0 Å². The van der Waals surface area contributed by atoms with Gasteiger partial charge in [0.1, 0.15) is 0 Å². The van der Waals surface area contributed by atoms with E-state index in [-0.39, 0.29) is 0 Å². The average molecular weight is 198 g/mol. The molecule has 0 bridgehead atoms. The third-order valence-electron chi connectivity index (χ3n) is 3.30. The Morgan fingerprint density at radius 2 is 2.00 bits per heavy atom. The maximum Gasteiger partial charge on any atom is 0.00226 e. The molecule has 2 nitrogen and oxygen atoms in total. The summed E-state index contributed by atoms with van der Waals surface area (Å²) >= 11 is 0. The SMILES string of the molecule is CCCC1CCN(CCC(C)N)CC1. The van der Waals surface area contributed by atoms with Crippen molar-refractivity contribution in [3.63, 3.8) is 0 Å². The number of piperidine rings is 1. The van der Waals surface area contributed by atoms with E-state index in [1.54, 1.807) is 0 Å². The lowest BCUT2D eigenvalue weighted by Crippen LogP contribution is -2.36. The predicted octanol–water partition coefficient (Wildman–Crippen LogP) is 2.24. The minimum atomic E-state index is 0.364. The first-order valence-electron chi connectivity index (χ1n) is 6.20. The molecule has 0 saturated carbocycles. The highest BCUT2D eigenvalue weighted by molar-refractivity contribution is 4.72. The summed E-state index contributed by atoms with van der Waals surface area (Å²) in [4.78, 5) is 2.58. The van der Waals surface area contributed by atoms with Crippen LogP contribution in [-0.2, 0) is 0 Å². The second kappa shape index (κ2) is 6.41. The Balaban J connectivity index is 2.09. The van der Waals surface area contributed by atoms with Crippen molar-refractivity contribution in [2.24, 2.45) is 11.7 Å². The summed E-state index contributed by atoms with van der Waals surface area (Å²) < 4.78 is 0. The molecular formula is C12H26N2. The molecule has 0 aromatic heterocycles. The normalized spacial score (nSPS) is 22.5. The number of hydrogen-bond acceptors (Lipinski definition) is 2. The molecule has 0 aliphatic carbocycles. The van der Waals surface area contributed by atoms with Gasteiger partial charge in [0.15, 0.2) is 0 Å². The summed E-state index contributed by atoms with van der Waals surface area (Å²) in [5.74, 6) is 1.01. The lowest BCUT2D eigenvalue weighted by Gasteiger charge is -2.32. The average Bonchev–Trinajstić information content (AvgIpc) is 2.17. The zero-order valence-electron chi connectivity index (χ0n) is 9.84. The van der Waals surface area contributed by atoms with E-state index in [1.165, 1.54) is 45.3 Å². The highest BCUT2D eigenvalue weighted by Crippen LogP contribution is 2.21. The van der Waals surface area contributed by atoms with Gasteiger partial charge in [0.05, 0.1) is 0 Å². The van der Waals surface area contributed by atoms with Crippen LogP contribution in [0.3, 0.4) is 0 Å². The van der Waals surface area contributed by atoms with E-state index in [2.05, 4.69) is 18.7 Å². The molecule has 2 N–H and O–H groups in total. The molecule has 0 amide bonds. The van der Waals surface area contributed by atoms with Gasteiger partial charge in [-0.2, -0.15) is 0 Å². The minimum Gasteiger partial charge on any atom is -0.328 e. The van der Waals surface area contributed by atoms with Gasteiger partial charge in [-0.25, -0.2) is 0 Å². The van der Waals surface area contributed by atoms with Gasteiger partial charge < -0.3 is 10.6 Å². The molecule has 1 aliphatic heterocycles. The third kappa shape index (κ3) is 4.43. The zero-order valence-corrected chi connectivity index (χ0v) is 9.84. The van der Waals surface area contributed by atoms with Crippen LogP contribution in [0.2, 0.25) is 0 Å². The Hall–Kier alpha value is -0.0800. The van der Waals surface area contributed by atoms with E-state index in [1.807, 2.05) is 0 Å². The molecule has 1 saturated heterocycles. The van der Waals surface area contributed by atoms with Crippen LogP contribution in [0.5, 0.6) is 0 Å². The molecule has 1 atom stereocenters. The number of rotatable bonds is 5. The molecule has 1 unspecified atom stereocenters. The Morgan fingerprint density at radius 1 is 1.36 bits per heavy atom. The second-order valence-electron chi connectivity index (χ2n) is 4.84. The van der Waals surface area contributed by atoms with Gasteiger partial charge in [-0.1, -0.05) is 19.8 Å². The van der Waals surface area contributed by atoms with E-state index in [0.29, 0.717) is 6.04 Å². The topological polar surface area (TPSA) is 29.3 Å². The van der Waals surface area contributed by atoms with Crippen LogP contribution in [0.1, 0.15) is 46.0 Å². The van der Waals surface area contributed by atoms with Crippen molar-refractivity contribution in [3.05, 3.63) is 0 Å². The van der Waals surface area contributed by atoms with Crippen molar-refractivity contribution in [1.29, 1.82) is 0 Å². The molecule has 14 heavy (non-hydrogen) atoms. The summed E-state index contributed by atoms with van der Waals surface area (Å²) in [6.07, 6.45) is 6.75. The Labute approximate surface area is 88.8 Å². The number of hydrogen-bond donors (Lipinski definition) is 1. The van der Waals surface area contributed by atoms with Crippen molar-refractivity contribution in [1.82, 2.24) is 4.90 Å². The zero-order chi connectivity index (χ0) is 10.4. The standard InChI is InChI=1S/C12H26N2/c1-3-4-12-6-9-14(10-7-12)8-5-11(2)13/h11-12H,3-10,13H2,1-2H3. The molecular weight excluding hydrogens is 172 g/mol. The fraction of sp³-hybridized carbons (Fsp3) is 1.00. The van der Waals surface area contributed by atoms with Crippen LogP contribution < -0.4 is 5.73 Å². The summed E-state index contributed by atoms with van der Waals surface area (Å²) in [6.45, 7) is 8.21. The smallest absolute Gasteiger partial charge is 0.00226 e. The van der Waals surface area contributed by atoms with Crippen LogP contribution in [0.25, 0.3) is 0 Å². The monoisotopic (exact) mass is 198 g/mol. The van der Waals surface area contributed by atoms with E-state index < -0.39 is 0 Å². The van der Waals surface area contributed by atoms with Crippen molar-refractivity contribution >= 4 is 0 Å². The number of nitrogens with two attached hydrogens (primary N) is 1. The lowest BCUT2D eigenvalue weighted by molar-refractivity contribution is 0.174. The molecule has 1 fully saturated rings. The van der Waals surface area contributed by atoms with Crippen LogP contribution in [-0.4, -0.2) is 30.6 Å². The first-order valence-corrected chi connectivity index (χ1v) is 6.20. The molecule has 1 aliphatic rings. The van der Waals surface area contributed by atoms with Crippen LogP contribution in [0.4, 0.5) is 0 Å². The summed E-state index contributed by atoms with van der Waals surface area (Å²) in [5.41, 5.74) is 5.76. The number of nitrogens with zero attached hydrogens (tertiary/aromatic N) is 1. The Bertz CT molecular complexity index is 137. The van der Waals surface area contributed by atoms with Crippen molar-refractivity contribution in [2.45, 2.75) is 52.0 Å². The predicted molar refractivity (Wildman–Crippen MR) is 62.3 cm³/mol. The van der Waals surface area contributed by atoms with E-state index in [9.17, 15) is 0 Å². The van der Waals surface area contributed by atoms with Gasteiger partial charge >= 0.3 is 0 Å². The molecule has 0 aromatic rings. The first kappa shape index (κ1) is 12.0. The highest BCUT2D eigenvalue weighted by atomic mass is 15.1. The molecule has 0 spiro atoms. The summed E-state index contributed by atoms with van der Waals surface area (Å²) in [5, 5.41) is 0. The van der Waals surface area contributed by atoms with Gasteiger partial charge in [-0.05, 0) is 51.7 Å². The largest absolute Gasteiger partial charge is 0.328 e. The summed E-state index contributed by atoms with van der Waals surface area (Å²) in [7, 11) is 0. The molecule has 2 heteroatoms. The fourth-order valence-corrected chi connectivity index (χ4v) is 2.29. The van der Waals surface area contributed by atoms with Gasteiger partial charge in [0.2, 0.25) is 0 Å². The van der Waals surface area contributed by atoms with Gasteiger partial charge in [0.25, 0.3) is 0 Å². The van der Waals surface area contributed by atoms with Crippen LogP contribution in [0, 0.1) is 5.92 Å². The molecule has 0 aromatic carbocycles. The highest BCUT2D eigenvalue weighted by Gasteiger charge is 2.17.